The molecular weight excluding hydrogens is 462 g/mol. The number of methoxy groups -OCH3 is 1. The van der Waals surface area contributed by atoms with E-state index in [0.29, 0.717) is 30.1 Å². The first-order valence-corrected chi connectivity index (χ1v) is 12.1. The number of sulfonamides is 1. The molecule has 4 rings (SSSR count). The van der Waals surface area contributed by atoms with Crippen LogP contribution in [0.25, 0.3) is 11.5 Å². The highest BCUT2D eigenvalue weighted by molar-refractivity contribution is 7.89. The largest absolute Gasteiger partial charge is 0.497 e. The first-order valence-electron chi connectivity index (χ1n) is 10.7. The minimum absolute atomic E-state index is 0.0658. The summed E-state index contributed by atoms with van der Waals surface area (Å²) in [7, 11) is -2.19. The number of hydrogen-bond acceptors (Lipinski definition) is 9. The van der Waals surface area contributed by atoms with Gasteiger partial charge in [-0.05, 0) is 55.8 Å². The molecule has 0 saturated carbocycles. The van der Waals surface area contributed by atoms with Crippen molar-refractivity contribution in [2.75, 3.05) is 33.4 Å². The monoisotopic (exact) mass is 487 g/mol. The first-order chi connectivity index (χ1) is 16.3. The molecule has 1 saturated heterocycles. The van der Waals surface area contributed by atoms with E-state index in [0.717, 1.165) is 0 Å². The van der Waals surface area contributed by atoms with Crippen LogP contribution >= 0.6 is 0 Å². The second kappa shape index (κ2) is 9.92. The van der Waals surface area contributed by atoms with Crippen molar-refractivity contribution in [2.24, 2.45) is 0 Å². The highest BCUT2D eigenvalue weighted by atomic mass is 32.2. The van der Waals surface area contributed by atoms with Gasteiger partial charge in [0.1, 0.15) is 5.75 Å². The van der Waals surface area contributed by atoms with Gasteiger partial charge >= 0.3 is 5.97 Å². The molecule has 34 heavy (non-hydrogen) atoms. The van der Waals surface area contributed by atoms with Crippen LogP contribution in [0.2, 0.25) is 0 Å². The summed E-state index contributed by atoms with van der Waals surface area (Å²) in [4.78, 5) is 12.9. The number of carbonyl (C=O) groups is 1. The molecule has 180 valence electrons. The Morgan fingerprint density at radius 1 is 1.09 bits per heavy atom. The van der Waals surface area contributed by atoms with Crippen LogP contribution < -0.4 is 4.74 Å². The van der Waals surface area contributed by atoms with Gasteiger partial charge in [-0.15, -0.1) is 10.2 Å². The summed E-state index contributed by atoms with van der Waals surface area (Å²) in [5.41, 5.74) is 1.34. The van der Waals surface area contributed by atoms with Crippen molar-refractivity contribution in [3.8, 4) is 17.2 Å². The highest BCUT2D eigenvalue weighted by Crippen LogP contribution is 2.26. The van der Waals surface area contributed by atoms with Gasteiger partial charge in [0.25, 0.3) is 5.89 Å². The number of rotatable bonds is 7. The van der Waals surface area contributed by atoms with Gasteiger partial charge in [0.15, 0.2) is 6.10 Å². The molecule has 0 bridgehead atoms. The molecule has 0 amide bonds. The Hall–Kier alpha value is -3.28. The Labute approximate surface area is 197 Å². The molecule has 1 aromatic heterocycles. The van der Waals surface area contributed by atoms with Gasteiger partial charge in [-0.2, -0.15) is 4.31 Å². The van der Waals surface area contributed by atoms with Gasteiger partial charge < -0.3 is 18.6 Å². The standard InChI is InChI=1S/C23H25N3O7S/c1-15-4-5-18(14-20(15)34(28,29)26-10-12-31-13-11-26)23(27)32-16(2)21-24-25-22(33-21)17-6-8-19(30-3)9-7-17/h4-9,14,16H,10-13H2,1-3H3/t16-/m0/s1. The summed E-state index contributed by atoms with van der Waals surface area (Å²) in [6.45, 7) is 4.48. The van der Waals surface area contributed by atoms with E-state index in [1.165, 1.54) is 16.4 Å². The van der Waals surface area contributed by atoms with Crippen molar-refractivity contribution < 1.29 is 31.8 Å². The molecule has 10 nitrogen and oxygen atoms in total. The Morgan fingerprint density at radius 3 is 2.47 bits per heavy atom. The number of nitrogens with zero attached hydrogens (tertiary/aromatic N) is 3. The maximum Gasteiger partial charge on any atom is 0.338 e. The van der Waals surface area contributed by atoms with Crippen molar-refractivity contribution >= 4 is 16.0 Å². The average molecular weight is 488 g/mol. The summed E-state index contributed by atoms with van der Waals surface area (Å²) in [6, 6.07) is 11.5. The summed E-state index contributed by atoms with van der Waals surface area (Å²) < 4.78 is 49.0. The molecule has 3 aromatic rings. The molecule has 0 unspecified atom stereocenters. The summed E-state index contributed by atoms with van der Waals surface area (Å²) in [5.74, 6) is 0.385. The van der Waals surface area contributed by atoms with Crippen molar-refractivity contribution in [1.82, 2.24) is 14.5 Å². The zero-order chi connectivity index (χ0) is 24.3. The van der Waals surface area contributed by atoms with Gasteiger partial charge in [0.05, 0.1) is 30.8 Å². The maximum absolute atomic E-state index is 13.1. The van der Waals surface area contributed by atoms with Crippen molar-refractivity contribution in [1.29, 1.82) is 0 Å². The lowest BCUT2D eigenvalue weighted by atomic mass is 10.1. The van der Waals surface area contributed by atoms with Crippen LogP contribution in [-0.4, -0.2) is 62.3 Å². The van der Waals surface area contributed by atoms with E-state index in [-0.39, 0.29) is 35.3 Å². The molecule has 2 aromatic carbocycles. The minimum Gasteiger partial charge on any atom is -0.497 e. The smallest absolute Gasteiger partial charge is 0.338 e. The van der Waals surface area contributed by atoms with E-state index in [9.17, 15) is 13.2 Å². The molecule has 11 heteroatoms. The highest BCUT2D eigenvalue weighted by Gasteiger charge is 2.29. The number of esters is 1. The van der Waals surface area contributed by atoms with Gasteiger partial charge in [-0.1, -0.05) is 6.07 Å². The predicted molar refractivity (Wildman–Crippen MR) is 121 cm³/mol. The van der Waals surface area contributed by atoms with E-state index in [4.69, 9.17) is 18.6 Å². The molecule has 1 atom stereocenters. The van der Waals surface area contributed by atoms with Crippen LogP contribution in [0.4, 0.5) is 0 Å². The second-order valence-electron chi connectivity index (χ2n) is 7.72. The topological polar surface area (TPSA) is 121 Å². The van der Waals surface area contributed by atoms with Gasteiger partial charge in [-0.25, -0.2) is 13.2 Å². The van der Waals surface area contributed by atoms with Crippen LogP contribution in [0.1, 0.15) is 34.8 Å². The third kappa shape index (κ3) is 4.96. The van der Waals surface area contributed by atoms with Gasteiger partial charge in [0, 0.05) is 18.7 Å². The molecule has 0 spiro atoms. The maximum atomic E-state index is 13.1. The van der Waals surface area contributed by atoms with Crippen LogP contribution in [-0.2, 0) is 19.5 Å². The fraction of sp³-hybridized carbons (Fsp3) is 0.348. The summed E-state index contributed by atoms with van der Waals surface area (Å²) >= 11 is 0. The Bertz CT molecular complexity index is 1270. The van der Waals surface area contributed by atoms with E-state index >= 15 is 0 Å². The lowest BCUT2D eigenvalue weighted by Gasteiger charge is -2.26. The van der Waals surface area contributed by atoms with Crippen LogP contribution in [0.15, 0.2) is 51.8 Å². The summed E-state index contributed by atoms with van der Waals surface area (Å²) in [6.07, 6.45) is -0.840. The molecule has 0 aliphatic carbocycles. The molecule has 1 aliphatic rings. The van der Waals surface area contributed by atoms with E-state index in [2.05, 4.69) is 10.2 Å². The molecule has 1 aliphatic heterocycles. The Balaban J connectivity index is 1.49. The normalized spacial score (nSPS) is 15.6. The number of benzene rings is 2. The van der Waals surface area contributed by atoms with Crippen molar-refractivity contribution in [2.45, 2.75) is 24.8 Å². The summed E-state index contributed by atoms with van der Waals surface area (Å²) in [5, 5.41) is 7.98. The number of carbonyl (C=O) groups excluding carboxylic acids is 1. The zero-order valence-electron chi connectivity index (χ0n) is 19.1. The van der Waals surface area contributed by atoms with Gasteiger partial charge in [-0.3, -0.25) is 0 Å². The number of hydrogen-bond donors (Lipinski definition) is 0. The van der Waals surface area contributed by atoms with Crippen LogP contribution in [0.5, 0.6) is 5.75 Å². The van der Waals surface area contributed by atoms with E-state index < -0.39 is 22.1 Å². The van der Waals surface area contributed by atoms with Crippen LogP contribution in [0.3, 0.4) is 0 Å². The number of morpholine rings is 1. The number of aryl methyl sites for hydroxylation is 1. The number of ether oxygens (including phenoxy) is 3. The molecule has 2 heterocycles. The van der Waals surface area contributed by atoms with Gasteiger partial charge in [0.2, 0.25) is 15.9 Å². The fourth-order valence-electron chi connectivity index (χ4n) is 3.46. The van der Waals surface area contributed by atoms with E-state index in [1.54, 1.807) is 51.3 Å². The SMILES string of the molecule is COc1ccc(-c2nnc([C@H](C)OC(=O)c3ccc(C)c(S(=O)(=O)N4CCOCC4)c3)o2)cc1. The average Bonchev–Trinajstić information content (AvgIpc) is 3.35. The van der Waals surface area contributed by atoms with Crippen molar-refractivity contribution in [3.63, 3.8) is 0 Å². The van der Waals surface area contributed by atoms with Crippen molar-refractivity contribution in [3.05, 3.63) is 59.5 Å². The van der Waals surface area contributed by atoms with Crippen LogP contribution in [0, 0.1) is 6.92 Å². The number of aromatic nitrogens is 2. The molecular formula is C23H25N3O7S. The Morgan fingerprint density at radius 2 is 1.79 bits per heavy atom. The lowest BCUT2D eigenvalue weighted by molar-refractivity contribution is 0.0279. The first kappa shape index (κ1) is 23.9. The quantitative estimate of drug-likeness (QED) is 0.463. The van der Waals surface area contributed by atoms with E-state index in [1.807, 2.05) is 0 Å². The third-order valence-electron chi connectivity index (χ3n) is 5.42. The second-order valence-corrected chi connectivity index (χ2v) is 9.62. The lowest BCUT2D eigenvalue weighted by Crippen LogP contribution is -2.40. The predicted octanol–water partition coefficient (Wildman–Crippen LogP) is 2.99. The third-order valence-corrected chi connectivity index (χ3v) is 7.46. The molecule has 0 radical (unpaired) electrons. The molecule has 1 fully saturated rings. The Kier molecular flexibility index (Phi) is 6.96. The molecule has 0 N–H and O–H groups in total. The zero-order valence-corrected chi connectivity index (χ0v) is 19.9. The fourth-order valence-corrected chi connectivity index (χ4v) is 5.12. The minimum atomic E-state index is -3.77.